The molecule has 1 saturated carbocycles. The van der Waals surface area contributed by atoms with Gasteiger partial charge in [0.15, 0.2) is 0 Å². The van der Waals surface area contributed by atoms with Crippen molar-refractivity contribution in [3.05, 3.63) is 20.4 Å². The van der Waals surface area contributed by atoms with Crippen LogP contribution in [-0.4, -0.2) is 44.0 Å². The molecule has 2 aliphatic rings. The zero-order valence-corrected chi connectivity index (χ0v) is 18.3. The van der Waals surface area contributed by atoms with Crippen LogP contribution in [0, 0.1) is 17.8 Å². The molecular formula is C23H37N3O3. The van der Waals surface area contributed by atoms with Crippen LogP contribution in [0.2, 0.25) is 0 Å². The highest BCUT2D eigenvalue weighted by Crippen LogP contribution is 2.31. The van der Waals surface area contributed by atoms with Gasteiger partial charge in [-0.3, -0.25) is 14.4 Å². The van der Waals surface area contributed by atoms with Crippen LogP contribution < -0.4 is 21.1 Å². The van der Waals surface area contributed by atoms with E-state index in [1.54, 1.807) is 0 Å². The molecule has 6 heteroatoms. The largest absolute Gasteiger partial charge is 0.380 e. The highest BCUT2D eigenvalue weighted by atomic mass is 16.2. The molecule has 0 spiro atoms. The first-order chi connectivity index (χ1) is 13.9. The average molecular weight is 404 g/mol. The summed E-state index contributed by atoms with van der Waals surface area (Å²) in [7, 11) is 1.92. The minimum atomic E-state index is -0.361. The van der Waals surface area contributed by atoms with Gasteiger partial charge in [0.2, 0.25) is 5.91 Å². The maximum absolute atomic E-state index is 12.6. The molecule has 0 aromatic heterocycles. The SMILES string of the molecule is CCCCN(C)C(=O)C1CCC(CNc2c(N3CCC(C)CC3)c(=O)c2=O)CC1. The lowest BCUT2D eigenvalue weighted by atomic mass is 9.81. The maximum atomic E-state index is 12.6. The molecular weight excluding hydrogens is 366 g/mol. The van der Waals surface area contributed by atoms with Crippen molar-refractivity contribution in [2.75, 3.05) is 43.4 Å². The average Bonchev–Trinajstić information content (AvgIpc) is 2.75. The molecule has 3 rings (SSSR count). The van der Waals surface area contributed by atoms with Gasteiger partial charge >= 0.3 is 0 Å². The van der Waals surface area contributed by atoms with Gasteiger partial charge in [0.1, 0.15) is 11.4 Å². The molecule has 0 unspecified atom stereocenters. The number of rotatable bonds is 8. The second kappa shape index (κ2) is 9.77. The summed E-state index contributed by atoms with van der Waals surface area (Å²) < 4.78 is 0. The smallest absolute Gasteiger partial charge is 0.253 e. The summed E-state index contributed by atoms with van der Waals surface area (Å²) in [6.45, 7) is 7.66. The fraction of sp³-hybridized carbons (Fsp3) is 0.783. The highest BCUT2D eigenvalue weighted by molar-refractivity contribution is 5.78. The third-order valence-corrected chi connectivity index (χ3v) is 6.97. The predicted molar refractivity (Wildman–Crippen MR) is 118 cm³/mol. The van der Waals surface area contributed by atoms with Gasteiger partial charge in [-0.25, -0.2) is 0 Å². The van der Waals surface area contributed by atoms with E-state index in [0.29, 0.717) is 29.8 Å². The van der Waals surface area contributed by atoms with Crippen LogP contribution in [0.3, 0.4) is 0 Å². The predicted octanol–water partition coefficient (Wildman–Crippen LogP) is 3.00. The first-order valence-electron chi connectivity index (χ1n) is 11.5. The molecule has 0 radical (unpaired) electrons. The van der Waals surface area contributed by atoms with Gasteiger partial charge in [0.25, 0.3) is 10.9 Å². The summed E-state index contributed by atoms with van der Waals surface area (Å²) in [6.07, 6.45) is 8.14. The van der Waals surface area contributed by atoms with Crippen molar-refractivity contribution in [1.82, 2.24) is 4.90 Å². The third-order valence-electron chi connectivity index (χ3n) is 6.97. The monoisotopic (exact) mass is 403 g/mol. The van der Waals surface area contributed by atoms with Crippen molar-refractivity contribution < 1.29 is 4.79 Å². The van der Waals surface area contributed by atoms with Crippen LogP contribution in [0.1, 0.15) is 65.2 Å². The zero-order chi connectivity index (χ0) is 21.0. The summed E-state index contributed by atoms with van der Waals surface area (Å²) in [6, 6.07) is 0. The van der Waals surface area contributed by atoms with E-state index in [1.165, 1.54) is 0 Å². The van der Waals surface area contributed by atoms with Gasteiger partial charge in [0.05, 0.1) is 0 Å². The summed E-state index contributed by atoms with van der Waals surface area (Å²) in [5, 5.41) is 3.29. The molecule has 0 bridgehead atoms. The first kappa shape index (κ1) is 21.8. The van der Waals surface area contributed by atoms with Crippen LogP contribution in [-0.2, 0) is 4.79 Å². The third kappa shape index (κ3) is 5.01. The highest BCUT2D eigenvalue weighted by Gasteiger charge is 2.31. The topological polar surface area (TPSA) is 69.7 Å². The van der Waals surface area contributed by atoms with E-state index in [0.717, 1.165) is 71.0 Å². The van der Waals surface area contributed by atoms with Crippen molar-refractivity contribution in [2.24, 2.45) is 17.8 Å². The number of unbranched alkanes of at least 4 members (excludes halogenated alkanes) is 1. The van der Waals surface area contributed by atoms with E-state index >= 15 is 0 Å². The lowest BCUT2D eigenvalue weighted by Crippen LogP contribution is -2.45. The summed E-state index contributed by atoms with van der Waals surface area (Å²) in [5.74, 6) is 1.57. The van der Waals surface area contributed by atoms with E-state index in [1.807, 2.05) is 11.9 Å². The molecule has 29 heavy (non-hydrogen) atoms. The number of carbonyl (C=O) groups is 1. The van der Waals surface area contributed by atoms with Crippen molar-refractivity contribution in [3.63, 3.8) is 0 Å². The fourth-order valence-corrected chi connectivity index (χ4v) is 4.75. The molecule has 162 valence electrons. The Bertz CT molecular complexity index is 752. The number of amides is 1. The van der Waals surface area contributed by atoms with Gasteiger partial charge in [-0.15, -0.1) is 0 Å². The van der Waals surface area contributed by atoms with E-state index in [4.69, 9.17) is 0 Å². The Hall–Kier alpha value is -1.85. The number of hydrogen-bond donors (Lipinski definition) is 1. The Morgan fingerprint density at radius 2 is 1.72 bits per heavy atom. The Balaban J connectivity index is 1.48. The van der Waals surface area contributed by atoms with Gasteiger partial charge in [-0.05, 0) is 56.8 Å². The summed E-state index contributed by atoms with van der Waals surface area (Å²) >= 11 is 0. The standard InChI is InChI=1S/C23H37N3O3/c1-4-5-12-25(3)23(29)18-8-6-17(7-9-18)15-24-19-20(22(28)21(19)27)26-13-10-16(2)11-14-26/h16-18,24H,4-15H2,1-3H3. The minimum Gasteiger partial charge on any atom is -0.380 e. The molecule has 2 fully saturated rings. The first-order valence-corrected chi connectivity index (χ1v) is 11.5. The number of carbonyl (C=O) groups excluding carboxylic acids is 1. The lowest BCUT2D eigenvalue weighted by molar-refractivity contribution is -0.135. The van der Waals surface area contributed by atoms with Crippen molar-refractivity contribution in [3.8, 4) is 0 Å². The molecule has 1 heterocycles. The minimum absolute atomic E-state index is 0.144. The number of hydrogen-bond acceptors (Lipinski definition) is 5. The van der Waals surface area contributed by atoms with E-state index in [-0.39, 0.29) is 22.7 Å². The molecule has 1 amide bonds. The Kier molecular flexibility index (Phi) is 7.36. The number of nitrogens with zero attached hydrogens (tertiary/aromatic N) is 2. The molecule has 6 nitrogen and oxygen atoms in total. The van der Waals surface area contributed by atoms with E-state index < -0.39 is 0 Å². The Labute approximate surface area is 174 Å². The van der Waals surface area contributed by atoms with Gasteiger partial charge in [-0.2, -0.15) is 0 Å². The van der Waals surface area contributed by atoms with Gasteiger partial charge in [0, 0.05) is 39.1 Å². The van der Waals surface area contributed by atoms with Crippen LogP contribution in [0.5, 0.6) is 0 Å². The van der Waals surface area contributed by atoms with Crippen molar-refractivity contribution >= 4 is 17.3 Å². The summed E-state index contributed by atoms with van der Waals surface area (Å²) in [5.41, 5.74) is 0.455. The number of nitrogens with one attached hydrogen (secondary N) is 1. The van der Waals surface area contributed by atoms with E-state index in [9.17, 15) is 14.4 Å². The quantitative estimate of drug-likeness (QED) is 0.676. The molecule has 1 N–H and O–H groups in total. The van der Waals surface area contributed by atoms with Crippen LogP contribution in [0.15, 0.2) is 9.59 Å². The van der Waals surface area contributed by atoms with Crippen LogP contribution in [0.25, 0.3) is 0 Å². The lowest BCUT2D eigenvalue weighted by Gasteiger charge is -2.34. The molecule has 1 aromatic rings. The molecule has 1 aromatic carbocycles. The van der Waals surface area contributed by atoms with Crippen molar-refractivity contribution in [1.29, 1.82) is 0 Å². The zero-order valence-electron chi connectivity index (χ0n) is 18.3. The van der Waals surface area contributed by atoms with Gasteiger partial charge < -0.3 is 15.1 Å². The molecule has 0 atom stereocenters. The van der Waals surface area contributed by atoms with Crippen LogP contribution >= 0.6 is 0 Å². The molecule has 1 aliphatic heterocycles. The number of piperidine rings is 1. The van der Waals surface area contributed by atoms with Crippen molar-refractivity contribution in [2.45, 2.75) is 65.2 Å². The second-order valence-corrected chi connectivity index (χ2v) is 9.26. The Morgan fingerprint density at radius 1 is 1.07 bits per heavy atom. The van der Waals surface area contributed by atoms with E-state index in [2.05, 4.69) is 24.1 Å². The summed E-state index contributed by atoms with van der Waals surface area (Å²) in [4.78, 5) is 40.8. The van der Waals surface area contributed by atoms with Crippen LogP contribution in [0.4, 0.5) is 11.4 Å². The fourth-order valence-electron chi connectivity index (χ4n) is 4.75. The number of anilines is 2. The molecule has 1 saturated heterocycles. The maximum Gasteiger partial charge on any atom is 0.253 e. The van der Waals surface area contributed by atoms with Gasteiger partial charge in [-0.1, -0.05) is 20.3 Å². The normalized spacial score (nSPS) is 23.3. The second-order valence-electron chi connectivity index (χ2n) is 9.26. The Morgan fingerprint density at radius 3 is 2.34 bits per heavy atom. The molecule has 1 aliphatic carbocycles.